The average Bonchev–Trinajstić information content (AvgIpc) is 2.68. The highest BCUT2D eigenvalue weighted by Gasteiger charge is 2.30. The number of benzene rings is 3. The van der Waals surface area contributed by atoms with E-state index in [1.807, 2.05) is 0 Å². The Kier molecular flexibility index (Phi) is 5.45. The first kappa shape index (κ1) is 16.9. The Balaban J connectivity index is 2.00. The highest BCUT2D eigenvalue weighted by atomic mass is 31.1. The van der Waals surface area contributed by atoms with E-state index in [0.717, 1.165) is 6.42 Å². The van der Waals surface area contributed by atoms with Crippen LogP contribution in [-0.4, -0.2) is 0 Å². The lowest BCUT2D eigenvalue weighted by molar-refractivity contribution is 0.104. The standard InChI is InChI=1S/C22H23OP/c1-3-22(2,19-13-7-4-8-14-19)23-24(20-15-9-5-10-16-20)21-17-11-6-12-18-21/h4-18H,3H2,1-2H3/t22-/m1/s1. The van der Waals surface area contributed by atoms with Crippen LogP contribution in [0.1, 0.15) is 25.8 Å². The maximum Gasteiger partial charge on any atom is 0.0952 e. The van der Waals surface area contributed by atoms with Gasteiger partial charge in [0.2, 0.25) is 0 Å². The minimum absolute atomic E-state index is 0.307. The normalized spacial score (nSPS) is 13.6. The third-order valence-electron chi connectivity index (χ3n) is 4.33. The highest BCUT2D eigenvalue weighted by molar-refractivity contribution is 7.68. The van der Waals surface area contributed by atoms with Crippen molar-refractivity contribution in [3.63, 3.8) is 0 Å². The molecule has 0 aliphatic rings. The smallest absolute Gasteiger partial charge is 0.0952 e. The van der Waals surface area contributed by atoms with Gasteiger partial charge < -0.3 is 4.52 Å². The van der Waals surface area contributed by atoms with Crippen LogP contribution in [0.15, 0.2) is 91.0 Å². The SMILES string of the molecule is CC[C@@](C)(OP(c1ccccc1)c1ccccc1)c1ccccc1. The Labute approximate surface area is 146 Å². The lowest BCUT2D eigenvalue weighted by Crippen LogP contribution is -2.27. The van der Waals surface area contributed by atoms with Crippen LogP contribution in [-0.2, 0) is 10.1 Å². The van der Waals surface area contributed by atoms with Gasteiger partial charge >= 0.3 is 0 Å². The second kappa shape index (κ2) is 7.75. The molecule has 0 N–H and O–H groups in total. The van der Waals surface area contributed by atoms with Crippen molar-refractivity contribution >= 4 is 18.8 Å². The number of hydrogen-bond acceptors (Lipinski definition) is 1. The Bertz CT molecular complexity index is 703. The van der Waals surface area contributed by atoms with Gasteiger partial charge in [-0.3, -0.25) is 0 Å². The molecule has 0 bridgehead atoms. The molecular weight excluding hydrogens is 311 g/mol. The maximum atomic E-state index is 6.81. The molecular formula is C22H23OP. The summed E-state index contributed by atoms with van der Waals surface area (Å²) in [5.74, 6) is 0. The largest absolute Gasteiger partial charge is 0.339 e. The van der Waals surface area contributed by atoms with Crippen LogP contribution in [0.4, 0.5) is 0 Å². The van der Waals surface area contributed by atoms with E-state index in [4.69, 9.17) is 4.52 Å². The zero-order valence-corrected chi connectivity index (χ0v) is 15.1. The molecule has 3 rings (SSSR count). The molecule has 2 heteroatoms. The van der Waals surface area contributed by atoms with Gasteiger partial charge in [0.05, 0.1) is 13.7 Å². The minimum Gasteiger partial charge on any atom is -0.339 e. The van der Waals surface area contributed by atoms with Gasteiger partial charge in [0.1, 0.15) is 0 Å². The first-order chi connectivity index (χ1) is 11.7. The molecule has 0 aromatic heterocycles. The van der Waals surface area contributed by atoms with Gasteiger partial charge in [-0.2, -0.15) is 0 Å². The third-order valence-corrected chi connectivity index (χ3v) is 6.45. The zero-order chi connectivity index (χ0) is 16.8. The number of hydrogen-bond donors (Lipinski definition) is 0. The molecule has 0 radical (unpaired) electrons. The van der Waals surface area contributed by atoms with E-state index in [1.165, 1.54) is 16.2 Å². The molecule has 3 aromatic rings. The van der Waals surface area contributed by atoms with Crippen LogP contribution in [0.3, 0.4) is 0 Å². The van der Waals surface area contributed by atoms with Gasteiger partial charge in [-0.25, -0.2) is 0 Å². The lowest BCUT2D eigenvalue weighted by Gasteiger charge is -2.34. The summed E-state index contributed by atoms with van der Waals surface area (Å²) in [6, 6.07) is 31.7. The Hall–Kier alpha value is -1.95. The van der Waals surface area contributed by atoms with E-state index in [9.17, 15) is 0 Å². The first-order valence-electron chi connectivity index (χ1n) is 8.38. The molecule has 1 nitrogen and oxygen atoms in total. The summed E-state index contributed by atoms with van der Waals surface area (Å²) in [5, 5.41) is 2.49. The molecule has 0 spiro atoms. The van der Waals surface area contributed by atoms with Crippen LogP contribution in [0.5, 0.6) is 0 Å². The number of rotatable bonds is 6. The van der Waals surface area contributed by atoms with E-state index in [1.54, 1.807) is 0 Å². The molecule has 3 aromatic carbocycles. The molecule has 0 heterocycles. The minimum atomic E-state index is -0.868. The zero-order valence-electron chi connectivity index (χ0n) is 14.2. The summed E-state index contributed by atoms with van der Waals surface area (Å²) < 4.78 is 6.81. The molecule has 0 aliphatic carbocycles. The predicted molar refractivity (Wildman–Crippen MR) is 104 cm³/mol. The second-order valence-electron chi connectivity index (χ2n) is 6.01. The van der Waals surface area contributed by atoms with Gasteiger partial charge in [0, 0.05) is 10.6 Å². The van der Waals surface area contributed by atoms with Crippen molar-refractivity contribution in [3.8, 4) is 0 Å². The quantitative estimate of drug-likeness (QED) is 0.550. The van der Waals surface area contributed by atoms with Gasteiger partial charge in [-0.1, -0.05) is 97.9 Å². The summed E-state index contributed by atoms with van der Waals surface area (Å²) in [5.41, 5.74) is 0.922. The highest BCUT2D eigenvalue weighted by Crippen LogP contribution is 2.45. The van der Waals surface area contributed by atoms with Crippen LogP contribution in [0, 0.1) is 0 Å². The van der Waals surface area contributed by atoms with Crippen LogP contribution < -0.4 is 10.6 Å². The molecule has 0 amide bonds. The van der Waals surface area contributed by atoms with Gasteiger partial charge in [0.25, 0.3) is 0 Å². The molecule has 1 atom stereocenters. The summed E-state index contributed by atoms with van der Waals surface area (Å²) >= 11 is 0. The van der Waals surface area contributed by atoms with E-state index in [-0.39, 0.29) is 5.60 Å². The third kappa shape index (κ3) is 3.75. The van der Waals surface area contributed by atoms with Crippen molar-refractivity contribution in [2.24, 2.45) is 0 Å². The van der Waals surface area contributed by atoms with Crippen molar-refractivity contribution < 1.29 is 4.52 Å². The predicted octanol–water partition coefficient (Wildman–Crippen LogP) is 5.38. The van der Waals surface area contributed by atoms with Crippen molar-refractivity contribution in [3.05, 3.63) is 96.6 Å². The lowest BCUT2D eigenvalue weighted by atomic mass is 9.94. The molecule has 0 aliphatic heterocycles. The average molecular weight is 334 g/mol. The van der Waals surface area contributed by atoms with Crippen LogP contribution in [0.25, 0.3) is 0 Å². The second-order valence-corrected chi connectivity index (χ2v) is 7.81. The summed E-state index contributed by atoms with van der Waals surface area (Å²) in [7, 11) is -0.868. The molecule has 0 fully saturated rings. The van der Waals surface area contributed by atoms with Crippen LogP contribution in [0.2, 0.25) is 0 Å². The van der Waals surface area contributed by atoms with Crippen molar-refractivity contribution in [2.75, 3.05) is 0 Å². The van der Waals surface area contributed by atoms with Crippen molar-refractivity contribution in [1.82, 2.24) is 0 Å². The molecule has 0 saturated carbocycles. The summed E-state index contributed by atoms with van der Waals surface area (Å²) in [4.78, 5) is 0. The van der Waals surface area contributed by atoms with Crippen molar-refractivity contribution in [1.29, 1.82) is 0 Å². The van der Waals surface area contributed by atoms with E-state index >= 15 is 0 Å². The molecule has 24 heavy (non-hydrogen) atoms. The Morgan fingerprint density at radius 1 is 0.708 bits per heavy atom. The van der Waals surface area contributed by atoms with E-state index in [2.05, 4.69) is 105 Å². The molecule has 122 valence electrons. The van der Waals surface area contributed by atoms with E-state index in [0.29, 0.717) is 0 Å². The maximum absolute atomic E-state index is 6.81. The summed E-state index contributed by atoms with van der Waals surface area (Å²) in [6.07, 6.45) is 0.926. The van der Waals surface area contributed by atoms with Crippen LogP contribution >= 0.6 is 8.15 Å². The fourth-order valence-corrected chi connectivity index (χ4v) is 4.73. The molecule has 0 saturated heterocycles. The van der Waals surface area contributed by atoms with E-state index < -0.39 is 8.15 Å². The monoisotopic (exact) mass is 334 g/mol. The Morgan fingerprint density at radius 2 is 1.12 bits per heavy atom. The topological polar surface area (TPSA) is 9.23 Å². The Morgan fingerprint density at radius 3 is 1.54 bits per heavy atom. The summed E-state index contributed by atoms with van der Waals surface area (Å²) in [6.45, 7) is 4.39. The molecule has 0 unspecified atom stereocenters. The van der Waals surface area contributed by atoms with Gasteiger partial charge in [-0.05, 0) is 18.9 Å². The fraction of sp³-hybridized carbons (Fsp3) is 0.182. The first-order valence-corrected chi connectivity index (χ1v) is 9.64. The fourth-order valence-electron chi connectivity index (χ4n) is 2.69. The van der Waals surface area contributed by atoms with Crippen molar-refractivity contribution in [2.45, 2.75) is 25.9 Å². The van der Waals surface area contributed by atoms with Gasteiger partial charge in [-0.15, -0.1) is 0 Å². The van der Waals surface area contributed by atoms with Gasteiger partial charge in [0.15, 0.2) is 0 Å².